The Balaban J connectivity index is 4.20. The summed E-state index contributed by atoms with van der Waals surface area (Å²) in [6.45, 7) is 1.69. The molecule has 72 valence electrons. The largest absolute Gasteiger partial charge is 0.470 e. The van der Waals surface area contributed by atoms with E-state index in [-0.39, 0.29) is 4.49 Å². The molecule has 4 nitrogen and oxygen atoms in total. The van der Waals surface area contributed by atoms with Crippen molar-refractivity contribution >= 4 is 31.0 Å². The van der Waals surface area contributed by atoms with Gasteiger partial charge < -0.3 is 9.79 Å². The molecule has 0 saturated heterocycles. The fraction of sp³-hybridized carbons (Fsp3) is 0.600. The zero-order valence-corrected chi connectivity index (χ0v) is 8.68. The molecule has 0 aliphatic heterocycles. The van der Waals surface area contributed by atoms with Crippen molar-refractivity contribution in [3.05, 3.63) is 10.6 Å². The molecule has 0 aromatic carbocycles. The molecule has 7 heteroatoms. The zero-order chi connectivity index (χ0) is 9.78. The van der Waals surface area contributed by atoms with E-state index in [1.165, 1.54) is 6.08 Å². The van der Waals surface area contributed by atoms with Gasteiger partial charge in [0.05, 0.1) is 6.10 Å². The van der Waals surface area contributed by atoms with Crippen LogP contribution in [0.2, 0.25) is 0 Å². The average Bonchev–Trinajstić information content (AvgIpc) is 1.82. The topological polar surface area (TPSA) is 66.8 Å². The molecule has 0 spiro atoms. The molecule has 1 atom stereocenters. The monoisotopic (exact) mass is 234 g/mol. The van der Waals surface area contributed by atoms with Crippen LogP contribution < -0.4 is 0 Å². The first-order valence-electron chi connectivity index (χ1n) is 3.12. The standard InChI is InChI=1S/C5H9Cl2O4P/c1-2-4(3-5(6)7)11-12(8,9)10/h3-4H,2H2,1H3,(H2,8,9,10). The second-order valence-electron chi connectivity index (χ2n) is 2.00. The minimum absolute atomic E-state index is 0.0738. The summed E-state index contributed by atoms with van der Waals surface area (Å²) in [7, 11) is -4.46. The van der Waals surface area contributed by atoms with Gasteiger partial charge in [0.25, 0.3) is 0 Å². The molecule has 2 N–H and O–H groups in total. The number of phosphoric acid groups is 1. The SMILES string of the molecule is CCC(C=C(Cl)Cl)OP(=O)(O)O. The second-order valence-corrected chi connectivity index (χ2v) is 4.20. The highest BCUT2D eigenvalue weighted by molar-refractivity contribution is 7.46. The first kappa shape index (κ1) is 12.4. The molecule has 0 aromatic rings. The maximum Gasteiger partial charge on any atom is 0.470 e. The van der Waals surface area contributed by atoms with Gasteiger partial charge in [0.15, 0.2) is 0 Å². The molecule has 0 aromatic heterocycles. The van der Waals surface area contributed by atoms with Crippen molar-refractivity contribution < 1.29 is 18.9 Å². The highest BCUT2D eigenvalue weighted by Crippen LogP contribution is 2.38. The smallest absolute Gasteiger partial charge is 0.303 e. The van der Waals surface area contributed by atoms with Gasteiger partial charge >= 0.3 is 7.82 Å². The molecule has 0 radical (unpaired) electrons. The fourth-order valence-corrected chi connectivity index (χ4v) is 1.38. The van der Waals surface area contributed by atoms with Gasteiger partial charge in [-0.3, -0.25) is 4.52 Å². The summed E-state index contributed by atoms with van der Waals surface area (Å²) in [5.41, 5.74) is 0. The lowest BCUT2D eigenvalue weighted by Crippen LogP contribution is -2.06. The summed E-state index contributed by atoms with van der Waals surface area (Å²) in [6.07, 6.45) is 0.854. The van der Waals surface area contributed by atoms with Crippen molar-refractivity contribution in [1.82, 2.24) is 0 Å². The van der Waals surface area contributed by atoms with Gasteiger partial charge in [0.2, 0.25) is 0 Å². The van der Waals surface area contributed by atoms with Crippen LogP contribution in [0.1, 0.15) is 13.3 Å². The van der Waals surface area contributed by atoms with Crippen LogP contribution in [0.4, 0.5) is 0 Å². The van der Waals surface area contributed by atoms with Crippen molar-refractivity contribution in [2.24, 2.45) is 0 Å². The van der Waals surface area contributed by atoms with E-state index in [1.54, 1.807) is 6.92 Å². The van der Waals surface area contributed by atoms with E-state index in [9.17, 15) is 4.57 Å². The molecule has 0 bridgehead atoms. The summed E-state index contributed by atoms with van der Waals surface area (Å²) in [5, 5.41) is 0. The van der Waals surface area contributed by atoms with E-state index in [0.717, 1.165) is 0 Å². The number of hydrogen-bond acceptors (Lipinski definition) is 2. The Kier molecular flexibility index (Phi) is 5.41. The summed E-state index contributed by atoms with van der Waals surface area (Å²) >= 11 is 10.5. The van der Waals surface area contributed by atoms with Gasteiger partial charge in [-0.1, -0.05) is 30.1 Å². The summed E-state index contributed by atoms with van der Waals surface area (Å²) in [5.74, 6) is 0. The molecule has 12 heavy (non-hydrogen) atoms. The van der Waals surface area contributed by atoms with Crippen LogP contribution in [-0.2, 0) is 9.09 Å². The highest BCUT2D eigenvalue weighted by atomic mass is 35.5. The Morgan fingerprint density at radius 1 is 1.67 bits per heavy atom. The van der Waals surface area contributed by atoms with E-state index in [2.05, 4.69) is 4.52 Å². The minimum Gasteiger partial charge on any atom is -0.303 e. The summed E-state index contributed by atoms with van der Waals surface area (Å²) in [4.78, 5) is 16.8. The van der Waals surface area contributed by atoms with Crippen molar-refractivity contribution in [2.75, 3.05) is 0 Å². The summed E-state index contributed by atoms with van der Waals surface area (Å²) < 4.78 is 14.6. The molecule has 0 aliphatic rings. The molecule has 0 saturated carbocycles. The molecule has 0 amide bonds. The lowest BCUT2D eigenvalue weighted by Gasteiger charge is -2.11. The highest BCUT2D eigenvalue weighted by Gasteiger charge is 2.19. The normalized spacial score (nSPS) is 14.1. The lowest BCUT2D eigenvalue weighted by molar-refractivity contribution is 0.158. The summed E-state index contributed by atoms with van der Waals surface area (Å²) in [6, 6.07) is 0. The Morgan fingerprint density at radius 3 is 2.42 bits per heavy atom. The van der Waals surface area contributed by atoms with Crippen molar-refractivity contribution in [1.29, 1.82) is 0 Å². The number of halogens is 2. The van der Waals surface area contributed by atoms with Crippen LogP contribution >= 0.6 is 31.0 Å². The molecular weight excluding hydrogens is 226 g/mol. The van der Waals surface area contributed by atoms with Gasteiger partial charge in [-0.05, 0) is 12.5 Å². The molecule has 0 aliphatic carbocycles. The van der Waals surface area contributed by atoms with Crippen LogP contribution in [0.3, 0.4) is 0 Å². The Hall–Kier alpha value is 0.430. The van der Waals surface area contributed by atoms with Crippen LogP contribution in [0.25, 0.3) is 0 Å². The average molecular weight is 235 g/mol. The number of phosphoric ester groups is 1. The van der Waals surface area contributed by atoms with E-state index >= 15 is 0 Å². The molecule has 0 fully saturated rings. The van der Waals surface area contributed by atoms with Crippen molar-refractivity contribution in [3.8, 4) is 0 Å². The Labute approximate surface area is 80.4 Å². The lowest BCUT2D eigenvalue weighted by atomic mass is 10.3. The van der Waals surface area contributed by atoms with E-state index in [0.29, 0.717) is 6.42 Å². The Morgan fingerprint density at radius 2 is 2.17 bits per heavy atom. The number of hydrogen-bond donors (Lipinski definition) is 2. The number of rotatable bonds is 4. The maximum absolute atomic E-state index is 10.3. The van der Waals surface area contributed by atoms with Crippen LogP contribution in [-0.4, -0.2) is 15.9 Å². The molecule has 1 unspecified atom stereocenters. The van der Waals surface area contributed by atoms with Gasteiger partial charge in [0, 0.05) is 0 Å². The second kappa shape index (κ2) is 5.22. The van der Waals surface area contributed by atoms with Crippen molar-refractivity contribution in [3.63, 3.8) is 0 Å². The zero-order valence-electron chi connectivity index (χ0n) is 6.28. The minimum atomic E-state index is -4.46. The first-order valence-corrected chi connectivity index (χ1v) is 5.40. The van der Waals surface area contributed by atoms with E-state index in [1.807, 2.05) is 0 Å². The van der Waals surface area contributed by atoms with E-state index < -0.39 is 13.9 Å². The third-order valence-corrected chi connectivity index (χ3v) is 1.78. The first-order chi connectivity index (χ1) is 5.35. The third kappa shape index (κ3) is 7.10. The predicted molar refractivity (Wildman–Crippen MR) is 47.0 cm³/mol. The van der Waals surface area contributed by atoms with Crippen LogP contribution in [0.5, 0.6) is 0 Å². The van der Waals surface area contributed by atoms with Crippen LogP contribution in [0, 0.1) is 0 Å². The van der Waals surface area contributed by atoms with E-state index in [4.69, 9.17) is 33.0 Å². The molecule has 0 heterocycles. The Bertz CT molecular complexity index is 207. The third-order valence-electron chi connectivity index (χ3n) is 0.987. The fourth-order valence-electron chi connectivity index (χ4n) is 0.540. The van der Waals surface area contributed by atoms with Gasteiger partial charge in [-0.25, -0.2) is 4.57 Å². The predicted octanol–water partition coefficient (Wildman–Crippen LogP) is 2.19. The van der Waals surface area contributed by atoms with Gasteiger partial charge in [0.1, 0.15) is 4.49 Å². The quantitative estimate of drug-likeness (QED) is 0.733. The maximum atomic E-state index is 10.3. The van der Waals surface area contributed by atoms with Crippen LogP contribution in [0.15, 0.2) is 10.6 Å². The van der Waals surface area contributed by atoms with Gasteiger partial charge in [-0.2, -0.15) is 0 Å². The molecular formula is C5H9Cl2O4P. The van der Waals surface area contributed by atoms with Gasteiger partial charge in [-0.15, -0.1) is 0 Å². The van der Waals surface area contributed by atoms with Crippen molar-refractivity contribution in [2.45, 2.75) is 19.4 Å². The molecule has 0 rings (SSSR count).